The fourth-order valence-electron chi connectivity index (χ4n) is 2.55. The summed E-state index contributed by atoms with van der Waals surface area (Å²) in [6.45, 7) is 7.78. The van der Waals surface area contributed by atoms with Crippen LogP contribution >= 0.6 is 0 Å². The van der Waals surface area contributed by atoms with Gasteiger partial charge in [0.15, 0.2) is 0 Å². The SMILES string of the molecule is CCCNC(=O)c1cccc(NC(=O)CNc2ccc(OCCC(C)C)cc2)c1. The van der Waals surface area contributed by atoms with Crippen molar-refractivity contribution in [3.63, 3.8) is 0 Å². The minimum Gasteiger partial charge on any atom is -0.494 e. The molecule has 6 nitrogen and oxygen atoms in total. The Balaban J connectivity index is 1.80. The molecule has 0 atom stereocenters. The number of nitrogens with one attached hydrogen (secondary N) is 3. The third kappa shape index (κ3) is 8.25. The van der Waals surface area contributed by atoms with E-state index in [1.54, 1.807) is 24.3 Å². The molecule has 2 rings (SSSR count). The van der Waals surface area contributed by atoms with E-state index in [0.29, 0.717) is 30.3 Å². The van der Waals surface area contributed by atoms with Gasteiger partial charge in [0.2, 0.25) is 5.91 Å². The zero-order valence-electron chi connectivity index (χ0n) is 17.5. The normalized spacial score (nSPS) is 10.5. The molecule has 29 heavy (non-hydrogen) atoms. The van der Waals surface area contributed by atoms with E-state index in [4.69, 9.17) is 4.74 Å². The van der Waals surface area contributed by atoms with Gasteiger partial charge < -0.3 is 20.7 Å². The lowest BCUT2D eigenvalue weighted by Crippen LogP contribution is -2.24. The first-order valence-electron chi connectivity index (χ1n) is 10.1. The Morgan fingerprint density at radius 2 is 1.79 bits per heavy atom. The van der Waals surface area contributed by atoms with Gasteiger partial charge in [-0.15, -0.1) is 0 Å². The molecule has 2 aromatic carbocycles. The van der Waals surface area contributed by atoms with Gasteiger partial charge >= 0.3 is 0 Å². The Kier molecular flexibility index (Phi) is 9.02. The lowest BCUT2D eigenvalue weighted by molar-refractivity contribution is -0.114. The minimum absolute atomic E-state index is 0.125. The molecule has 0 aromatic heterocycles. The average Bonchev–Trinajstić information content (AvgIpc) is 2.71. The van der Waals surface area contributed by atoms with E-state index in [9.17, 15) is 9.59 Å². The highest BCUT2D eigenvalue weighted by Crippen LogP contribution is 2.16. The maximum atomic E-state index is 12.2. The van der Waals surface area contributed by atoms with E-state index in [1.807, 2.05) is 31.2 Å². The number of carbonyl (C=O) groups excluding carboxylic acids is 2. The van der Waals surface area contributed by atoms with E-state index in [1.165, 1.54) is 0 Å². The Morgan fingerprint density at radius 1 is 1.03 bits per heavy atom. The lowest BCUT2D eigenvalue weighted by atomic mass is 10.1. The number of amides is 2. The van der Waals surface area contributed by atoms with Gasteiger partial charge in [0.25, 0.3) is 5.91 Å². The molecule has 0 aliphatic carbocycles. The first-order valence-corrected chi connectivity index (χ1v) is 10.1. The standard InChI is InChI=1S/C23H31N3O3/c1-4-13-24-23(28)18-6-5-7-20(15-18)26-22(27)16-25-19-8-10-21(11-9-19)29-14-12-17(2)3/h5-11,15,17,25H,4,12-14,16H2,1-3H3,(H,24,28)(H,26,27). The van der Waals surface area contributed by atoms with Crippen LogP contribution in [0.2, 0.25) is 0 Å². The molecule has 0 aliphatic rings. The van der Waals surface area contributed by atoms with Crippen molar-refractivity contribution in [2.45, 2.75) is 33.6 Å². The number of carbonyl (C=O) groups is 2. The molecule has 0 spiro atoms. The monoisotopic (exact) mass is 397 g/mol. The van der Waals surface area contributed by atoms with Crippen LogP contribution in [0.25, 0.3) is 0 Å². The van der Waals surface area contributed by atoms with Crippen molar-refractivity contribution in [1.82, 2.24) is 5.32 Å². The predicted octanol–water partition coefficient (Wildman–Crippen LogP) is 4.30. The number of hydrogen-bond acceptors (Lipinski definition) is 4. The van der Waals surface area contributed by atoms with Crippen LogP contribution in [0.1, 0.15) is 44.0 Å². The molecule has 0 saturated heterocycles. The van der Waals surface area contributed by atoms with Crippen LogP contribution in [0.15, 0.2) is 48.5 Å². The van der Waals surface area contributed by atoms with Crippen LogP contribution in [0.3, 0.4) is 0 Å². The van der Waals surface area contributed by atoms with Gasteiger partial charge in [0, 0.05) is 23.5 Å². The first-order chi connectivity index (χ1) is 14.0. The van der Waals surface area contributed by atoms with Crippen molar-refractivity contribution in [2.24, 2.45) is 5.92 Å². The highest BCUT2D eigenvalue weighted by Gasteiger charge is 2.07. The lowest BCUT2D eigenvalue weighted by Gasteiger charge is -2.11. The number of anilines is 2. The molecule has 0 unspecified atom stereocenters. The third-order valence-electron chi connectivity index (χ3n) is 4.22. The number of ether oxygens (including phenoxy) is 1. The van der Waals surface area contributed by atoms with E-state index < -0.39 is 0 Å². The molecule has 156 valence electrons. The average molecular weight is 398 g/mol. The van der Waals surface area contributed by atoms with Crippen molar-refractivity contribution in [2.75, 3.05) is 30.3 Å². The van der Waals surface area contributed by atoms with Crippen molar-refractivity contribution in [3.05, 3.63) is 54.1 Å². The van der Waals surface area contributed by atoms with Gasteiger partial charge in [-0.1, -0.05) is 26.8 Å². The number of benzene rings is 2. The van der Waals surface area contributed by atoms with Gasteiger partial charge in [-0.3, -0.25) is 9.59 Å². The van der Waals surface area contributed by atoms with E-state index in [2.05, 4.69) is 29.8 Å². The zero-order valence-corrected chi connectivity index (χ0v) is 17.5. The molecule has 6 heteroatoms. The van der Waals surface area contributed by atoms with E-state index >= 15 is 0 Å². The maximum Gasteiger partial charge on any atom is 0.251 e. The van der Waals surface area contributed by atoms with Gasteiger partial charge in [-0.25, -0.2) is 0 Å². The molecule has 0 radical (unpaired) electrons. The molecule has 3 N–H and O–H groups in total. The summed E-state index contributed by atoms with van der Waals surface area (Å²) in [5, 5.41) is 8.72. The van der Waals surface area contributed by atoms with Gasteiger partial charge in [0.05, 0.1) is 13.2 Å². The quantitative estimate of drug-likeness (QED) is 0.528. The Hall–Kier alpha value is -3.02. The van der Waals surface area contributed by atoms with Gasteiger partial charge in [-0.2, -0.15) is 0 Å². The molecule has 0 bridgehead atoms. The summed E-state index contributed by atoms with van der Waals surface area (Å²) in [6.07, 6.45) is 1.89. The topological polar surface area (TPSA) is 79.5 Å². The molecule has 0 heterocycles. The largest absolute Gasteiger partial charge is 0.494 e. The van der Waals surface area contributed by atoms with Gasteiger partial charge in [-0.05, 0) is 61.2 Å². The molecule has 2 aromatic rings. The Morgan fingerprint density at radius 3 is 2.48 bits per heavy atom. The molecular weight excluding hydrogens is 366 g/mol. The second kappa shape index (κ2) is 11.7. The summed E-state index contributed by atoms with van der Waals surface area (Å²) < 4.78 is 5.69. The molecule has 0 fully saturated rings. The molecule has 0 aliphatic heterocycles. The summed E-state index contributed by atoms with van der Waals surface area (Å²) in [7, 11) is 0. The number of hydrogen-bond donors (Lipinski definition) is 3. The minimum atomic E-state index is -0.187. The maximum absolute atomic E-state index is 12.2. The Labute approximate surface area is 173 Å². The van der Waals surface area contributed by atoms with Crippen molar-refractivity contribution >= 4 is 23.2 Å². The molecule has 2 amide bonds. The summed E-state index contributed by atoms with van der Waals surface area (Å²) in [5.74, 6) is 1.10. The summed E-state index contributed by atoms with van der Waals surface area (Å²) in [5.41, 5.74) is 1.95. The van der Waals surface area contributed by atoms with Gasteiger partial charge in [0.1, 0.15) is 5.75 Å². The van der Waals surface area contributed by atoms with Crippen molar-refractivity contribution in [1.29, 1.82) is 0 Å². The first kappa shape index (κ1) is 22.3. The van der Waals surface area contributed by atoms with Crippen LogP contribution in [0, 0.1) is 5.92 Å². The van der Waals surface area contributed by atoms with Crippen molar-refractivity contribution in [3.8, 4) is 5.75 Å². The second-order valence-electron chi connectivity index (χ2n) is 7.29. The van der Waals surface area contributed by atoms with Crippen LogP contribution in [-0.2, 0) is 4.79 Å². The smallest absolute Gasteiger partial charge is 0.251 e. The van der Waals surface area contributed by atoms with E-state index in [0.717, 1.165) is 24.3 Å². The molecule has 0 saturated carbocycles. The fourth-order valence-corrected chi connectivity index (χ4v) is 2.55. The third-order valence-corrected chi connectivity index (χ3v) is 4.22. The zero-order chi connectivity index (χ0) is 21.1. The van der Waals surface area contributed by atoms with Crippen LogP contribution < -0.4 is 20.7 Å². The summed E-state index contributed by atoms with van der Waals surface area (Å²) in [6, 6.07) is 14.5. The summed E-state index contributed by atoms with van der Waals surface area (Å²) >= 11 is 0. The highest BCUT2D eigenvalue weighted by molar-refractivity contribution is 5.98. The summed E-state index contributed by atoms with van der Waals surface area (Å²) in [4.78, 5) is 24.2. The second-order valence-corrected chi connectivity index (χ2v) is 7.29. The molecular formula is C23H31N3O3. The predicted molar refractivity (Wildman–Crippen MR) is 118 cm³/mol. The highest BCUT2D eigenvalue weighted by atomic mass is 16.5. The van der Waals surface area contributed by atoms with Crippen LogP contribution in [-0.4, -0.2) is 31.5 Å². The Bertz CT molecular complexity index is 788. The number of rotatable bonds is 11. The van der Waals surface area contributed by atoms with Crippen LogP contribution in [0.5, 0.6) is 5.75 Å². The van der Waals surface area contributed by atoms with Crippen molar-refractivity contribution < 1.29 is 14.3 Å². The van der Waals surface area contributed by atoms with Crippen LogP contribution in [0.4, 0.5) is 11.4 Å². The fraction of sp³-hybridized carbons (Fsp3) is 0.391. The van der Waals surface area contributed by atoms with E-state index in [-0.39, 0.29) is 18.4 Å².